The van der Waals surface area contributed by atoms with Crippen LogP contribution in [0.1, 0.15) is 39.9 Å². The molecule has 1 amide bonds. The lowest BCUT2D eigenvalue weighted by molar-refractivity contribution is -0.901. The van der Waals surface area contributed by atoms with Gasteiger partial charge in [-0.2, -0.15) is 11.8 Å². The number of carbonyl (C=O) groups excluding carboxylic acids is 1. The van der Waals surface area contributed by atoms with E-state index >= 15 is 0 Å². The van der Waals surface area contributed by atoms with Gasteiger partial charge in [0.2, 0.25) is 0 Å². The maximum atomic E-state index is 12.3. The van der Waals surface area contributed by atoms with Gasteiger partial charge in [-0.05, 0) is 29.5 Å². The lowest BCUT2D eigenvalue weighted by Gasteiger charge is -2.12. The number of amides is 1. The van der Waals surface area contributed by atoms with Gasteiger partial charge in [-0.25, -0.2) is 0 Å². The van der Waals surface area contributed by atoms with Crippen molar-refractivity contribution in [3.63, 3.8) is 0 Å². The van der Waals surface area contributed by atoms with E-state index in [4.69, 9.17) is 0 Å². The summed E-state index contributed by atoms with van der Waals surface area (Å²) in [6.45, 7) is 4.29. The van der Waals surface area contributed by atoms with Crippen LogP contribution < -0.4 is 10.2 Å². The van der Waals surface area contributed by atoms with Crippen LogP contribution in [0.5, 0.6) is 0 Å². The Hall–Kier alpha value is -1.78. The fraction of sp³-hybridized carbons (Fsp3) is 0.381. The van der Waals surface area contributed by atoms with E-state index < -0.39 is 0 Å². The van der Waals surface area contributed by atoms with Gasteiger partial charge in [0.05, 0.1) is 13.1 Å². The molecule has 1 aliphatic heterocycles. The fourth-order valence-electron chi connectivity index (χ4n) is 3.32. The Morgan fingerprint density at radius 2 is 1.56 bits per heavy atom. The summed E-state index contributed by atoms with van der Waals surface area (Å²) in [6.07, 6.45) is 4.80. The third-order valence-corrected chi connectivity index (χ3v) is 5.39. The van der Waals surface area contributed by atoms with Crippen molar-refractivity contribution in [2.24, 2.45) is 0 Å². The minimum atomic E-state index is -0.0127. The molecular formula is C21H27N2OS+. The van der Waals surface area contributed by atoms with E-state index in [2.05, 4.69) is 35.8 Å². The van der Waals surface area contributed by atoms with Crippen LogP contribution in [0.3, 0.4) is 0 Å². The first-order valence-electron chi connectivity index (χ1n) is 9.02. The smallest absolute Gasteiger partial charge is 0.251 e. The molecule has 2 N–H and O–H groups in total. The average molecular weight is 356 g/mol. The number of benzene rings is 2. The first-order valence-corrected chi connectivity index (χ1v) is 10.4. The Bertz CT molecular complexity index is 676. The second-order valence-corrected chi connectivity index (χ2v) is 7.63. The van der Waals surface area contributed by atoms with Crippen LogP contribution in [-0.4, -0.2) is 25.3 Å². The highest BCUT2D eigenvalue weighted by atomic mass is 32.2. The minimum Gasteiger partial charge on any atom is -0.348 e. The Balaban J connectivity index is 1.49. The Morgan fingerprint density at radius 3 is 2.20 bits per heavy atom. The number of likely N-dealkylation sites (tertiary alicyclic amines) is 1. The van der Waals surface area contributed by atoms with Gasteiger partial charge in [-0.3, -0.25) is 4.79 Å². The number of quaternary nitrogens is 1. The van der Waals surface area contributed by atoms with E-state index in [9.17, 15) is 4.79 Å². The van der Waals surface area contributed by atoms with Gasteiger partial charge < -0.3 is 10.2 Å². The van der Waals surface area contributed by atoms with Crippen molar-refractivity contribution in [2.45, 2.75) is 31.7 Å². The van der Waals surface area contributed by atoms with Crippen LogP contribution in [0.4, 0.5) is 0 Å². The summed E-state index contributed by atoms with van der Waals surface area (Å²) < 4.78 is 0. The summed E-state index contributed by atoms with van der Waals surface area (Å²) in [5.41, 5.74) is 4.50. The molecule has 25 heavy (non-hydrogen) atoms. The maximum Gasteiger partial charge on any atom is 0.251 e. The predicted octanol–water partition coefficient (Wildman–Crippen LogP) is 2.66. The second-order valence-electron chi connectivity index (χ2n) is 6.76. The van der Waals surface area contributed by atoms with Crippen molar-refractivity contribution in [3.8, 4) is 0 Å². The van der Waals surface area contributed by atoms with Crippen molar-refractivity contribution in [3.05, 3.63) is 70.8 Å². The zero-order valence-corrected chi connectivity index (χ0v) is 15.7. The normalized spacial score (nSPS) is 14.6. The number of thioether (sulfide) groups is 1. The molecule has 0 saturated carbocycles. The van der Waals surface area contributed by atoms with Crippen LogP contribution in [0.2, 0.25) is 0 Å². The van der Waals surface area contributed by atoms with E-state index in [1.165, 1.54) is 37.1 Å². The number of hydrogen-bond donors (Lipinski definition) is 2. The standard InChI is InChI=1S/C21H26N2OS/c1-25-16-19-8-10-20(11-9-19)21(24)22-14-17-4-6-18(7-5-17)15-23-12-2-3-13-23/h4-11H,2-3,12-16H2,1H3,(H,22,24)/p+1. The Morgan fingerprint density at radius 1 is 0.960 bits per heavy atom. The van der Waals surface area contributed by atoms with Gasteiger partial charge >= 0.3 is 0 Å². The van der Waals surface area contributed by atoms with Gasteiger partial charge in [0.1, 0.15) is 6.54 Å². The maximum absolute atomic E-state index is 12.3. The number of carbonyl (C=O) groups is 1. The van der Waals surface area contributed by atoms with Crippen LogP contribution in [0, 0.1) is 0 Å². The van der Waals surface area contributed by atoms with Crippen molar-refractivity contribution in [1.82, 2.24) is 5.32 Å². The van der Waals surface area contributed by atoms with E-state index in [1.54, 1.807) is 16.7 Å². The second kappa shape index (κ2) is 9.07. The highest BCUT2D eigenvalue weighted by Gasteiger charge is 2.15. The lowest BCUT2D eigenvalue weighted by atomic mass is 10.1. The molecule has 1 aliphatic rings. The first kappa shape index (κ1) is 18.0. The summed E-state index contributed by atoms with van der Waals surface area (Å²) in [4.78, 5) is 14.0. The largest absolute Gasteiger partial charge is 0.348 e. The van der Waals surface area contributed by atoms with Gasteiger partial charge in [-0.15, -0.1) is 0 Å². The molecule has 2 aromatic rings. The highest BCUT2D eigenvalue weighted by Crippen LogP contribution is 2.11. The summed E-state index contributed by atoms with van der Waals surface area (Å²) in [5.74, 6) is 0.967. The van der Waals surface area contributed by atoms with E-state index in [-0.39, 0.29) is 5.91 Å². The average Bonchev–Trinajstić information content (AvgIpc) is 3.15. The monoisotopic (exact) mass is 355 g/mol. The Kier molecular flexibility index (Phi) is 6.54. The van der Waals surface area contributed by atoms with Crippen LogP contribution in [0.15, 0.2) is 48.5 Å². The molecule has 4 heteroatoms. The van der Waals surface area contributed by atoms with Crippen LogP contribution in [0.25, 0.3) is 0 Å². The topological polar surface area (TPSA) is 33.5 Å². The molecule has 0 unspecified atom stereocenters. The molecule has 2 aromatic carbocycles. The van der Waals surface area contributed by atoms with Crippen LogP contribution >= 0.6 is 11.8 Å². The van der Waals surface area contributed by atoms with Crippen molar-refractivity contribution in [2.75, 3.05) is 19.3 Å². The van der Waals surface area contributed by atoms with E-state index in [0.717, 1.165) is 23.4 Å². The molecule has 3 nitrogen and oxygen atoms in total. The van der Waals surface area contributed by atoms with Crippen molar-refractivity contribution in [1.29, 1.82) is 0 Å². The molecule has 3 rings (SSSR count). The zero-order chi connectivity index (χ0) is 17.5. The first-order chi connectivity index (χ1) is 12.2. The third-order valence-electron chi connectivity index (χ3n) is 4.77. The fourth-order valence-corrected chi connectivity index (χ4v) is 3.84. The third kappa shape index (κ3) is 5.35. The molecule has 0 aromatic heterocycles. The molecule has 1 heterocycles. The molecule has 0 spiro atoms. The lowest BCUT2D eigenvalue weighted by Crippen LogP contribution is -3.08. The van der Waals surface area contributed by atoms with E-state index in [1.807, 2.05) is 24.3 Å². The molecule has 0 aliphatic carbocycles. The summed E-state index contributed by atoms with van der Waals surface area (Å²) in [5, 5.41) is 3.01. The van der Waals surface area contributed by atoms with Crippen molar-refractivity contribution >= 4 is 17.7 Å². The summed E-state index contributed by atoms with van der Waals surface area (Å²) in [6, 6.07) is 16.5. The molecule has 0 radical (unpaired) electrons. The molecular weight excluding hydrogens is 328 g/mol. The van der Waals surface area contributed by atoms with Crippen molar-refractivity contribution < 1.29 is 9.69 Å². The highest BCUT2D eigenvalue weighted by molar-refractivity contribution is 7.97. The molecule has 1 saturated heterocycles. The molecule has 1 fully saturated rings. The Labute approximate surface area is 154 Å². The predicted molar refractivity (Wildman–Crippen MR) is 105 cm³/mol. The zero-order valence-electron chi connectivity index (χ0n) is 14.9. The number of nitrogens with one attached hydrogen (secondary N) is 2. The molecule has 0 atom stereocenters. The number of rotatable bonds is 7. The van der Waals surface area contributed by atoms with Gasteiger partial charge in [0.25, 0.3) is 5.91 Å². The SMILES string of the molecule is CSCc1ccc(C(=O)NCc2ccc(C[NH+]3CCCC3)cc2)cc1. The quantitative estimate of drug-likeness (QED) is 0.801. The van der Waals surface area contributed by atoms with Gasteiger partial charge in [0, 0.05) is 36.3 Å². The van der Waals surface area contributed by atoms with Crippen LogP contribution in [-0.2, 0) is 18.8 Å². The minimum absolute atomic E-state index is 0.0127. The summed E-state index contributed by atoms with van der Waals surface area (Å²) >= 11 is 1.79. The number of hydrogen-bond acceptors (Lipinski definition) is 2. The molecule has 132 valence electrons. The van der Waals surface area contributed by atoms with E-state index in [0.29, 0.717) is 6.54 Å². The van der Waals surface area contributed by atoms with Gasteiger partial charge in [-0.1, -0.05) is 36.4 Å². The van der Waals surface area contributed by atoms with Gasteiger partial charge in [0.15, 0.2) is 0 Å². The summed E-state index contributed by atoms with van der Waals surface area (Å²) in [7, 11) is 0. The molecule has 0 bridgehead atoms.